The van der Waals surface area contributed by atoms with Gasteiger partial charge in [0.1, 0.15) is 12.1 Å². The maximum atomic E-state index is 15.2. The van der Waals surface area contributed by atoms with Crippen molar-refractivity contribution in [3.05, 3.63) is 24.3 Å². The van der Waals surface area contributed by atoms with Crippen molar-refractivity contribution < 1.29 is 19.2 Å². The number of carbonyl (C=O) groups excluding carboxylic acids is 4. The van der Waals surface area contributed by atoms with Crippen LogP contribution < -0.4 is 21.3 Å². The van der Waals surface area contributed by atoms with E-state index in [0.29, 0.717) is 57.2 Å². The maximum Gasteiger partial charge on any atom is 0.239 e. The molecule has 10 aliphatic rings. The molecule has 0 heterocycles. The second-order valence-corrected chi connectivity index (χ2v) is 32.3. The Balaban J connectivity index is 0.811. The van der Waals surface area contributed by atoms with Gasteiger partial charge in [0.15, 0.2) is 5.78 Å². The second kappa shape index (κ2) is 19.1. The van der Waals surface area contributed by atoms with Gasteiger partial charge in [-0.15, -0.1) is 0 Å². The fraction of sp³-hybridized carbons (Fsp3) is 0.882. The molecule has 0 spiro atoms. The molecule has 76 heavy (non-hydrogen) atoms. The second-order valence-electron chi connectivity index (χ2n) is 32.3. The molecule has 0 bridgehead atoms. The van der Waals surface area contributed by atoms with Crippen molar-refractivity contribution in [3.8, 4) is 0 Å². The summed E-state index contributed by atoms with van der Waals surface area (Å²) in [5.41, 5.74) is 3.63. The standard InChI is InChI=1S/C68H110N4O4/c1-41(2)44-23-33-67(37-35-63(12)46(54(44)67)19-21-52-61(10)29-17-27-59(6,7)50(61)25-31-65(52,63)14)57(75)70-39-48(43(5)73)72-56(74)49(69-16)40-71-58(76)68-34-24-45(42(3)4)55(68)47-20-22-53-62(11)30-18-28-60(8,9)51(62)26-32-66(53,15)64(47,13)36-38-68/h44-55,69H,1,3,17-40H2,2,4-16H3,(H,70,75)(H,71,76)(H,72,74). The Morgan fingerprint density at radius 3 is 1.25 bits per heavy atom. The number of ketones is 1. The molecule has 10 fully saturated rings. The fourth-order valence-electron chi connectivity index (χ4n) is 24.9. The van der Waals surface area contributed by atoms with Gasteiger partial charge >= 0.3 is 0 Å². The molecule has 10 rings (SSSR count). The van der Waals surface area contributed by atoms with Crippen molar-refractivity contribution in [3.63, 3.8) is 0 Å². The lowest BCUT2D eigenvalue weighted by atomic mass is 9.32. The third-order valence-corrected chi connectivity index (χ3v) is 28.9. The zero-order chi connectivity index (χ0) is 55.2. The molecule has 20 unspecified atom stereocenters. The quantitative estimate of drug-likeness (QED) is 0.145. The zero-order valence-electron chi connectivity index (χ0n) is 50.9. The minimum Gasteiger partial charge on any atom is -0.354 e. The van der Waals surface area contributed by atoms with E-state index in [1.54, 1.807) is 7.05 Å². The Morgan fingerprint density at radius 2 is 0.868 bits per heavy atom. The number of Topliss-reactive ketones (excluding diaryl/α,β-unsaturated/α-hetero) is 1. The Kier molecular flexibility index (Phi) is 14.2. The molecule has 8 nitrogen and oxygen atoms in total. The van der Waals surface area contributed by atoms with Gasteiger partial charge in [-0.1, -0.05) is 106 Å². The first-order chi connectivity index (χ1) is 35.5. The minimum atomic E-state index is -0.881. The predicted octanol–water partition coefficient (Wildman–Crippen LogP) is 14.0. The Bertz CT molecular complexity index is 2360. The minimum absolute atomic E-state index is 0.0523. The van der Waals surface area contributed by atoms with Crippen LogP contribution in [-0.2, 0) is 19.2 Å². The monoisotopic (exact) mass is 1050 g/mol. The molecule has 3 amide bonds. The summed E-state index contributed by atoms with van der Waals surface area (Å²) in [4.78, 5) is 58.1. The third kappa shape index (κ3) is 7.95. The first kappa shape index (κ1) is 56.8. The first-order valence-electron chi connectivity index (χ1n) is 31.8. The third-order valence-electron chi connectivity index (χ3n) is 28.9. The van der Waals surface area contributed by atoms with Crippen LogP contribution >= 0.6 is 0 Å². The molecular formula is C68H110N4O4. The molecule has 0 aromatic heterocycles. The smallest absolute Gasteiger partial charge is 0.239 e. The number of hydrogen-bond acceptors (Lipinski definition) is 5. The van der Waals surface area contributed by atoms with Gasteiger partial charge < -0.3 is 21.3 Å². The molecule has 8 heteroatoms. The van der Waals surface area contributed by atoms with Crippen molar-refractivity contribution in [2.45, 2.75) is 243 Å². The van der Waals surface area contributed by atoms with Crippen molar-refractivity contribution in [1.82, 2.24) is 21.3 Å². The predicted molar refractivity (Wildman–Crippen MR) is 309 cm³/mol. The summed E-state index contributed by atoms with van der Waals surface area (Å²) in [6.45, 7) is 41.5. The highest BCUT2D eigenvalue weighted by atomic mass is 16.2. The molecule has 426 valence electrons. The van der Waals surface area contributed by atoms with E-state index in [0.717, 1.165) is 63.2 Å². The highest BCUT2D eigenvalue weighted by molar-refractivity contribution is 5.92. The van der Waals surface area contributed by atoms with Crippen LogP contribution in [0.2, 0.25) is 0 Å². The Morgan fingerprint density at radius 1 is 0.461 bits per heavy atom. The van der Waals surface area contributed by atoms with Crippen LogP contribution in [0.5, 0.6) is 0 Å². The molecule has 0 radical (unpaired) electrons. The van der Waals surface area contributed by atoms with E-state index in [1.807, 2.05) is 0 Å². The van der Waals surface area contributed by atoms with E-state index in [1.165, 1.54) is 108 Å². The topological polar surface area (TPSA) is 116 Å². The van der Waals surface area contributed by atoms with E-state index in [2.05, 4.69) is 118 Å². The lowest BCUT2D eigenvalue weighted by Crippen LogP contribution is -2.66. The van der Waals surface area contributed by atoms with Crippen LogP contribution in [0, 0.1) is 113 Å². The fourth-order valence-corrected chi connectivity index (χ4v) is 24.9. The van der Waals surface area contributed by atoms with Crippen molar-refractivity contribution in [2.24, 2.45) is 113 Å². The first-order valence-corrected chi connectivity index (χ1v) is 31.8. The van der Waals surface area contributed by atoms with Gasteiger partial charge in [-0.25, -0.2) is 0 Å². The lowest BCUT2D eigenvalue weighted by molar-refractivity contribution is -0.235. The number of amides is 3. The largest absolute Gasteiger partial charge is 0.354 e. The zero-order valence-corrected chi connectivity index (χ0v) is 50.9. The van der Waals surface area contributed by atoms with Crippen molar-refractivity contribution >= 4 is 23.5 Å². The van der Waals surface area contributed by atoms with E-state index in [4.69, 9.17) is 0 Å². The van der Waals surface area contributed by atoms with Crippen LogP contribution in [0.4, 0.5) is 0 Å². The molecule has 4 N–H and O–H groups in total. The number of fused-ring (bicyclic) bond motifs is 14. The highest BCUT2D eigenvalue weighted by Gasteiger charge is 2.73. The molecule has 20 atom stereocenters. The summed E-state index contributed by atoms with van der Waals surface area (Å²) in [5.74, 6) is 4.51. The molecule has 0 aromatic carbocycles. The van der Waals surface area contributed by atoms with Gasteiger partial charge in [0, 0.05) is 13.1 Å². The van der Waals surface area contributed by atoms with E-state index in [-0.39, 0.29) is 70.1 Å². The Hall–Kier alpha value is -2.48. The summed E-state index contributed by atoms with van der Waals surface area (Å²) in [6.07, 6.45) is 25.7. The summed E-state index contributed by atoms with van der Waals surface area (Å²) in [7, 11) is 1.76. The summed E-state index contributed by atoms with van der Waals surface area (Å²) in [5, 5.41) is 13.0. The summed E-state index contributed by atoms with van der Waals surface area (Å²) >= 11 is 0. The molecular weight excluding hydrogens is 937 g/mol. The van der Waals surface area contributed by atoms with Gasteiger partial charge in [0.25, 0.3) is 0 Å². The SMILES string of the molecule is C=C(C)C1CCC2(C(=O)NCC(NC(=O)C(CNC(=O)C34CCC(C(=C)C)C3C3CCC5C6(C)CCCC(C)(C)C6CCC5(C)C3(C)CC4)NC)C(C)=O)CCC3(C)C(CCC4C5(C)CCCC(C)(C)C5CCC43C)C12. The van der Waals surface area contributed by atoms with Gasteiger partial charge in [0.05, 0.1) is 10.8 Å². The Labute approximate surface area is 463 Å². The van der Waals surface area contributed by atoms with Crippen molar-refractivity contribution in [1.29, 1.82) is 0 Å². The van der Waals surface area contributed by atoms with Crippen molar-refractivity contribution in [2.75, 3.05) is 20.1 Å². The van der Waals surface area contributed by atoms with Crippen LogP contribution in [0.15, 0.2) is 24.3 Å². The van der Waals surface area contributed by atoms with E-state index < -0.39 is 22.9 Å². The number of carbonyl (C=O) groups is 4. The van der Waals surface area contributed by atoms with Gasteiger partial charge in [0.2, 0.25) is 17.7 Å². The number of hydrogen-bond donors (Lipinski definition) is 4. The maximum absolute atomic E-state index is 15.2. The number of likely N-dealkylation sites (N-methyl/N-ethyl adjacent to an activating group) is 1. The van der Waals surface area contributed by atoms with Gasteiger partial charge in [-0.3, -0.25) is 19.2 Å². The van der Waals surface area contributed by atoms with Gasteiger partial charge in [-0.2, -0.15) is 0 Å². The van der Waals surface area contributed by atoms with Crippen LogP contribution in [-0.4, -0.2) is 55.7 Å². The average molecular weight is 1050 g/mol. The molecule has 0 saturated heterocycles. The summed E-state index contributed by atoms with van der Waals surface area (Å²) in [6, 6.07) is -1.62. The number of nitrogens with one attached hydrogen (secondary N) is 4. The van der Waals surface area contributed by atoms with Crippen LogP contribution in [0.1, 0.15) is 231 Å². The summed E-state index contributed by atoms with van der Waals surface area (Å²) < 4.78 is 0. The molecule has 10 saturated carbocycles. The highest BCUT2D eigenvalue weighted by Crippen LogP contribution is 2.80. The van der Waals surface area contributed by atoms with E-state index >= 15 is 9.59 Å². The average Bonchev–Trinajstić information content (AvgIpc) is 3.98. The molecule has 0 aliphatic heterocycles. The van der Waals surface area contributed by atoms with Crippen LogP contribution in [0.25, 0.3) is 0 Å². The molecule has 10 aliphatic carbocycles. The number of rotatable bonds is 12. The lowest BCUT2D eigenvalue weighted by Gasteiger charge is -2.72. The van der Waals surface area contributed by atoms with Crippen LogP contribution in [0.3, 0.4) is 0 Å². The molecule has 0 aromatic rings. The normalized spacial score (nSPS) is 48.2. The number of allylic oxidation sites excluding steroid dienone is 2. The van der Waals surface area contributed by atoms with Gasteiger partial charge in [-0.05, 0) is 259 Å². The van der Waals surface area contributed by atoms with E-state index in [9.17, 15) is 9.59 Å².